The van der Waals surface area contributed by atoms with E-state index in [1.807, 2.05) is 146 Å². The van der Waals surface area contributed by atoms with Crippen molar-refractivity contribution in [2.45, 2.75) is 41.5 Å². The fourth-order valence-corrected chi connectivity index (χ4v) is 11.5. The normalized spacial score (nSPS) is 18.4. The number of aromatic nitrogens is 1. The molecule has 3 N–H and O–H groups in total. The van der Waals surface area contributed by atoms with Crippen LogP contribution in [0.2, 0.25) is 0 Å². The van der Waals surface area contributed by atoms with Crippen LogP contribution in [0.25, 0.3) is 0 Å². The number of anilines is 1. The molecule has 67 heavy (non-hydrogen) atoms. The molecule has 2 fully saturated rings. The summed E-state index contributed by atoms with van der Waals surface area (Å²) < 4.78 is 5.86. The molecule has 0 spiro atoms. The fourth-order valence-electron chi connectivity index (χ4n) is 9.33. The quantitative estimate of drug-likeness (QED) is 0.0397. The highest BCUT2D eigenvalue weighted by atomic mass is 32.2. The van der Waals surface area contributed by atoms with Crippen LogP contribution in [-0.4, -0.2) is 68.4 Å². The van der Waals surface area contributed by atoms with E-state index in [9.17, 15) is 14.7 Å². The lowest BCUT2D eigenvalue weighted by Gasteiger charge is -2.49. The summed E-state index contributed by atoms with van der Waals surface area (Å²) in [5, 5.41) is 23.5. The van der Waals surface area contributed by atoms with Gasteiger partial charge in [0.2, 0.25) is 5.60 Å². The van der Waals surface area contributed by atoms with Gasteiger partial charge >= 0.3 is 5.97 Å². The number of carboxylic acids is 1. The Bertz CT molecular complexity index is 2740. The number of nitrogens with zero attached hydrogens (tertiary/aromatic N) is 3. The number of carbonyl (C=O) groups excluding carboxylic acids is 2. The van der Waals surface area contributed by atoms with Gasteiger partial charge < -0.3 is 25.3 Å². The number of β-lactam (4-membered cyclic amide) rings is 1. The third kappa shape index (κ3) is 8.09. The molecule has 0 aliphatic carbocycles. The van der Waals surface area contributed by atoms with Crippen LogP contribution in [0.1, 0.15) is 51.9 Å². The van der Waals surface area contributed by atoms with Crippen LogP contribution >= 0.6 is 23.1 Å². The van der Waals surface area contributed by atoms with Crippen molar-refractivity contribution in [3.05, 3.63) is 238 Å². The highest BCUT2D eigenvalue weighted by Crippen LogP contribution is 2.45. The lowest BCUT2D eigenvalue weighted by Crippen LogP contribution is -2.71. The van der Waals surface area contributed by atoms with Crippen LogP contribution in [0.15, 0.2) is 204 Å². The number of hydrogen-bond acceptors (Lipinski definition) is 10. The van der Waals surface area contributed by atoms with Gasteiger partial charge in [-0.05, 0) is 35.1 Å². The van der Waals surface area contributed by atoms with E-state index in [-0.39, 0.29) is 23.2 Å². The van der Waals surface area contributed by atoms with Gasteiger partial charge in [0.1, 0.15) is 28.3 Å². The van der Waals surface area contributed by atoms with Crippen molar-refractivity contribution in [3.63, 3.8) is 0 Å². The number of carboxylic acid groups (broad SMARTS) is 1. The second-order valence-electron chi connectivity index (χ2n) is 16.4. The topological polar surface area (TPSA) is 142 Å². The zero-order valence-corrected chi connectivity index (χ0v) is 37.7. The zero-order chi connectivity index (χ0) is 45.8. The fraction of sp³-hybridized carbons (Fsp3) is 0.167. The van der Waals surface area contributed by atoms with Crippen LogP contribution in [0.3, 0.4) is 0 Å². The highest BCUT2D eigenvalue weighted by Gasteiger charge is 2.55. The molecule has 2 saturated heterocycles. The number of thioether (sulfide) groups is 1. The summed E-state index contributed by atoms with van der Waals surface area (Å²) in [5.74, 6) is -2.11. The SMILES string of the molecule is O=C(O)C1=C([C@H]2CCCO2)CS[C@@H]2[C@H](NC(=O)/C(=N/OC(c3ccccc3)(c3ccccc3)c3ccccc3)c3csc(NC(c4ccccc4)(c4ccccc4)c4ccccc4)n3)C(=O)N12. The van der Waals surface area contributed by atoms with Gasteiger partial charge in [0.05, 0.1) is 6.10 Å². The van der Waals surface area contributed by atoms with Gasteiger partial charge in [-0.2, -0.15) is 0 Å². The summed E-state index contributed by atoms with van der Waals surface area (Å²) in [6.45, 7) is 0.533. The summed E-state index contributed by atoms with van der Waals surface area (Å²) in [6, 6.07) is 58.4. The molecule has 0 unspecified atom stereocenters. The summed E-state index contributed by atoms with van der Waals surface area (Å²) in [4.78, 5) is 55.1. The Balaban J connectivity index is 1.08. The molecule has 3 aliphatic rings. The third-order valence-corrected chi connectivity index (χ3v) is 14.6. The minimum atomic E-state index is -1.35. The molecule has 3 atom stereocenters. The monoisotopic (exact) mass is 923 g/mol. The first kappa shape index (κ1) is 43.6. The number of carbonyl (C=O) groups is 3. The number of hydrogen-bond donors (Lipinski definition) is 3. The number of oxime groups is 1. The molecule has 3 aliphatic heterocycles. The number of fused-ring (bicyclic) bond motifs is 1. The van der Waals surface area contributed by atoms with Crippen molar-refractivity contribution in [2.24, 2.45) is 5.16 Å². The lowest BCUT2D eigenvalue weighted by atomic mass is 9.77. The van der Waals surface area contributed by atoms with Crippen molar-refractivity contribution >= 4 is 51.7 Å². The van der Waals surface area contributed by atoms with E-state index >= 15 is 4.79 Å². The maximum absolute atomic E-state index is 15.0. The maximum Gasteiger partial charge on any atom is 0.352 e. The Morgan fingerprint density at radius 1 is 0.716 bits per heavy atom. The molecule has 7 aromatic rings. The first-order chi connectivity index (χ1) is 32.9. The molecule has 13 heteroatoms. The lowest BCUT2D eigenvalue weighted by molar-refractivity contribution is -0.150. The van der Waals surface area contributed by atoms with Crippen LogP contribution in [0, 0.1) is 0 Å². The van der Waals surface area contributed by atoms with Gasteiger partial charge in [0, 0.05) is 34.4 Å². The molecule has 0 radical (unpaired) electrons. The van der Waals surface area contributed by atoms with Crippen LogP contribution in [0.5, 0.6) is 0 Å². The van der Waals surface area contributed by atoms with Crippen molar-refractivity contribution in [2.75, 3.05) is 17.7 Å². The van der Waals surface area contributed by atoms with Crippen molar-refractivity contribution in [1.82, 2.24) is 15.2 Å². The maximum atomic E-state index is 15.0. The zero-order valence-electron chi connectivity index (χ0n) is 36.1. The van der Waals surface area contributed by atoms with E-state index in [1.54, 1.807) is 5.38 Å². The molecule has 6 aromatic carbocycles. The Morgan fingerprint density at radius 2 is 1.19 bits per heavy atom. The van der Waals surface area contributed by atoms with E-state index < -0.39 is 40.3 Å². The summed E-state index contributed by atoms with van der Waals surface area (Å²) >= 11 is 2.70. The van der Waals surface area contributed by atoms with Gasteiger partial charge in [-0.25, -0.2) is 9.78 Å². The van der Waals surface area contributed by atoms with Gasteiger partial charge in [-0.1, -0.05) is 187 Å². The number of rotatable bonds is 15. The summed E-state index contributed by atoms with van der Waals surface area (Å²) in [7, 11) is 0. The molecule has 0 bridgehead atoms. The van der Waals surface area contributed by atoms with E-state index in [0.717, 1.165) is 39.8 Å². The first-order valence-corrected chi connectivity index (χ1v) is 24.0. The molecule has 10 rings (SSSR count). The van der Waals surface area contributed by atoms with Crippen LogP contribution in [-0.2, 0) is 35.1 Å². The van der Waals surface area contributed by atoms with Crippen LogP contribution < -0.4 is 10.6 Å². The summed E-state index contributed by atoms with van der Waals surface area (Å²) in [5.41, 5.74) is 3.43. The van der Waals surface area contributed by atoms with Gasteiger partial charge in [0.15, 0.2) is 10.8 Å². The molecule has 2 amide bonds. The largest absolute Gasteiger partial charge is 0.477 e. The highest BCUT2D eigenvalue weighted by molar-refractivity contribution is 8.00. The Kier molecular flexibility index (Phi) is 12.3. The Labute approximate surface area is 396 Å². The average molecular weight is 924 g/mol. The van der Waals surface area contributed by atoms with Crippen LogP contribution in [0.4, 0.5) is 5.13 Å². The minimum Gasteiger partial charge on any atom is -0.477 e. The molecular formula is C54H45N5O6S2. The van der Waals surface area contributed by atoms with Crippen molar-refractivity contribution < 1.29 is 29.1 Å². The summed E-state index contributed by atoms with van der Waals surface area (Å²) in [6.07, 6.45) is 1.13. The van der Waals surface area contributed by atoms with Gasteiger partial charge in [-0.15, -0.1) is 23.1 Å². The van der Waals surface area contributed by atoms with E-state index in [0.29, 0.717) is 29.5 Å². The first-order valence-electron chi connectivity index (χ1n) is 22.1. The molecule has 0 saturated carbocycles. The number of aliphatic carboxylic acids is 1. The predicted octanol–water partition coefficient (Wildman–Crippen LogP) is 9.18. The van der Waals surface area contributed by atoms with Gasteiger partial charge in [0.25, 0.3) is 11.8 Å². The number of nitrogens with one attached hydrogen (secondary N) is 2. The van der Waals surface area contributed by atoms with E-state index in [2.05, 4.69) is 47.0 Å². The number of benzene rings is 6. The second kappa shape index (κ2) is 18.9. The molecule has 334 valence electrons. The minimum absolute atomic E-state index is 0.0734. The standard InChI is InChI=1S/C54H45N5O6S2/c60-48(56-46-49(61)59-47(51(62)63)42(34-66-50(46)59)44-32-19-33-64-44)45(58-65-54(39-26-13-4-14-27-39,40-28-15-5-16-29-40)41-30-17-6-18-31-41)43-35-67-52(55-43)57-53(36-20-7-1-8-21-36,37-22-9-2-10-23-37)38-24-11-3-12-25-38/h1-18,20-31,35,44,46,50H,19,32-34H2,(H,55,57)(H,56,60)(H,62,63)/b58-45+/t44-,46-,50-/m1/s1. The van der Waals surface area contributed by atoms with Gasteiger partial charge in [-0.3, -0.25) is 14.5 Å². The Hall–Kier alpha value is -7.32. The number of ether oxygens (including phenoxy) is 1. The molecule has 1 aromatic heterocycles. The molecular weight excluding hydrogens is 879 g/mol. The van der Waals surface area contributed by atoms with E-state index in [4.69, 9.17) is 19.7 Å². The second-order valence-corrected chi connectivity index (χ2v) is 18.3. The predicted molar refractivity (Wildman–Crippen MR) is 260 cm³/mol. The molecule has 4 heterocycles. The van der Waals surface area contributed by atoms with Crippen molar-refractivity contribution in [1.29, 1.82) is 0 Å². The number of thiazole rings is 1. The molecule has 11 nitrogen and oxygen atoms in total. The average Bonchev–Trinajstić information content (AvgIpc) is 4.11. The van der Waals surface area contributed by atoms with E-state index in [1.165, 1.54) is 28.0 Å². The Morgan fingerprint density at radius 3 is 1.64 bits per heavy atom. The third-order valence-electron chi connectivity index (χ3n) is 12.5. The van der Waals surface area contributed by atoms with Crippen molar-refractivity contribution in [3.8, 4) is 0 Å². The number of amides is 2. The smallest absolute Gasteiger partial charge is 0.352 e.